The maximum Gasteiger partial charge on any atom is 0.306 e. The van der Waals surface area contributed by atoms with Crippen LogP contribution in [0.1, 0.15) is 181 Å². The Morgan fingerprint density at radius 2 is 0.870 bits per heavy atom. The Hall–Kier alpha value is -2.14. The number of hydrogen-bond acceptors (Lipinski definition) is 5. The third-order valence-corrected chi connectivity index (χ3v) is 8.10. The lowest BCUT2D eigenvalue weighted by molar-refractivity contribution is -0.161. The summed E-state index contributed by atoms with van der Waals surface area (Å²) in [7, 11) is 0. The molecule has 5 nitrogen and oxygen atoms in total. The molecular weight excluding hydrogens is 572 g/mol. The zero-order chi connectivity index (χ0) is 33.6. The van der Waals surface area contributed by atoms with Crippen molar-refractivity contribution in [3.63, 3.8) is 0 Å². The second-order valence-corrected chi connectivity index (χ2v) is 12.6. The number of aliphatic hydroxyl groups is 1. The van der Waals surface area contributed by atoms with E-state index in [1.807, 2.05) is 0 Å². The quantitative estimate of drug-likeness (QED) is 0.0429. The van der Waals surface area contributed by atoms with Gasteiger partial charge in [-0.1, -0.05) is 140 Å². The fourth-order valence-electron chi connectivity index (χ4n) is 5.14. The van der Waals surface area contributed by atoms with Gasteiger partial charge in [0.2, 0.25) is 0 Å². The van der Waals surface area contributed by atoms with Crippen molar-refractivity contribution in [2.24, 2.45) is 0 Å². The number of carbonyl (C=O) groups excluding carboxylic acids is 2. The van der Waals surface area contributed by atoms with Crippen LogP contribution < -0.4 is 0 Å². The average Bonchev–Trinajstić information content (AvgIpc) is 3.06. The molecule has 0 radical (unpaired) electrons. The molecular formula is C41H72O5. The molecule has 0 spiro atoms. The van der Waals surface area contributed by atoms with Gasteiger partial charge in [0.05, 0.1) is 6.61 Å². The smallest absolute Gasteiger partial charge is 0.306 e. The number of hydrogen-bond donors (Lipinski definition) is 1. The molecule has 0 aliphatic carbocycles. The van der Waals surface area contributed by atoms with Gasteiger partial charge in [0.25, 0.3) is 0 Å². The largest absolute Gasteiger partial charge is 0.462 e. The lowest BCUT2D eigenvalue weighted by Gasteiger charge is -2.15. The molecule has 0 aromatic heterocycles. The van der Waals surface area contributed by atoms with Crippen molar-refractivity contribution < 1.29 is 24.2 Å². The summed E-state index contributed by atoms with van der Waals surface area (Å²) in [5.41, 5.74) is 0. The van der Waals surface area contributed by atoms with Crippen LogP contribution in [-0.2, 0) is 19.1 Å². The van der Waals surface area contributed by atoms with Crippen molar-refractivity contribution in [2.45, 2.75) is 187 Å². The maximum atomic E-state index is 12.1. The van der Waals surface area contributed by atoms with E-state index >= 15 is 0 Å². The molecule has 1 N–H and O–H groups in total. The van der Waals surface area contributed by atoms with Crippen molar-refractivity contribution in [1.82, 2.24) is 0 Å². The summed E-state index contributed by atoms with van der Waals surface area (Å²) in [5, 5.41) is 9.54. The van der Waals surface area contributed by atoms with Crippen LogP contribution in [-0.4, -0.2) is 36.4 Å². The first-order chi connectivity index (χ1) is 22.6. The highest BCUT2D eigenvalue weighted by Crippen LogP contribution is 2.12. The number of esters is 2. The van der Waals surface area contributed by atoms with E-state index in [4.69, 9.17) is 9.47 Å². The Kier molecular flexibility index (Phi) is 35.6. The van der Waals surface area contributed by atoms with Gasteiger partial charge < -0.3 is 14.6 Å². The van der Waals surface area contributed by atoms with E-state index in [9.17, 15) is 14.7 Å². The molecule has 0 heterocycles. The van der Waals surface area contributed by atoms with Crippen molar-refractivity contribution in [2.75, 3.05) is 13.2 Å². The number of aliphatic hydroxyl groups excluding tert-OH is 1. The summed E-state index contributed by atoms with van der Waals surface area (Å²) < 4.78 is 10.6. The summed E-state index contributed by atoms with van der Waals surface area (Å²) >= 11 is 0. The number of allylic oxidation sites excluding steroid dienone is 8. The second kappa shape index (κ2) is 37.3. The predicted molar refractivity (Wildman–Crippen MR) is 196 cm³/mol. The van der Waals surface area contributed by atoms with Crippen LogP contribution in [0, 0.1) is 0 Å². The molecule has 0 saturated heterocycles. The summed E-state index contributed by atoms with van der Waals surface area (Å²) in [4.78, 5) is 24.2. The third kappa shape index (κ3) is 34.7. The lowest BCUT2D eigenvalue weighted by Crippen LogP contribution is -2.28. The Balaban J connectivity index is 3.62. The van der Waals surface area contributed by atoms with Crippen LogP contribution in [0.3, 0.4) is 0 Å². The Morgan fingerprint density at radius 3 is 1.37 bits per heavy atom. The fraction of sp³-hybridized carbons (Fsp3) is 0.756. The lowest BCUT2D eigenvalue weighted by atomic mass is 10.1. The van der Waals surface area contributed by atoms with E-state index < -0.39 is 6.10 Å². The first-order valence-electron chi connectivity index (χ1n) is 19.2. The van der Waals surface area contributed by atoms with Gasteiger partial charge in [0.1, 0.15) is 6.61 Å². The molecule has 0 aliphatic rings. The molecule has 0 rings (SSSR count). The zero-order valence-corrected chi connectivity index (χ0v) is 30.1. The topological polar surface area (TPSA) is 72.8 Å². The molecule has 1 atom stereocenters. The summed E-state index contributed by atoms with van der Waals surface area (Å²) in [6, 6.07) is 0. The van der Waals surface area contributed by atoms with E-state index in [-0.39, 0.29) is 25.2 Å². The molecule has 0 unspecified atom stereocenters. The summed E-state index contributed by atoms with van der Waals surface area (Å²) in [6.45, 7) is 4.07. The van der Waals surface area contributed by atoms with Gasteiger partial charge in [-0.3, -0.25) is 9.59 Å². The Morgan fingerprint density at radius 1 is 0.500 bits per heavy atom. The van der Waals surface area contributed by atoms with Crippen molar-refractivity contribution in [3.05, 3.63) is 48.6 Å². The highest BCUT2D eigenvalue weighted by Gasteiger charge is 2.16. The van der Waals surface area contributed by atoms with Gasteiger partial charge in [0, 0.05) is 12.8 Å². The van der Waals surface area contributed by atoms with Gasteiger partial charge in [0.15, 0.2) is 6.10 Å². The van der Waals surface area contributed by atoms with Crippen LogP contribution in [0.5, 0.6) is 0 Å². The van der Waals surface area contributed by atoms with E-state index in [1.54, 1.807) is 0 Å². The number of carbonyl (C=O) groups is 2. The second-order valence-electron chi connectivity index (χ2n) is 12.6. The normalized spacial score (nSPS) is 12.7. The number of rotatable bonds is 34. The van der Waals surface area contributed by atoms with Crippen LogP contribution in [0.25, 0.3) is 0 Å². The van der Waals surface area contributed by atoms with Crippen LogP contribution in [0.4, 0.5) is 0 Å². The molecule has 5 heteroatoms. The minimum Gasteiger partial charge on any atom is -0.462 e. The number of unbranched alkanes of at least 4 members (excludes halogenated alkanes) is 18. The molecule has 0 aromatic carbocycles. The molecule has 0 aromatic rings. The Bertz CT molecular complexity index is 782. The third-order valence-electron chi connectivity index (χ3n) is 8.10. The molecule has 46 heavy (non-hydrogen) atoms. The first kappa shape index (κ1) is 43.9. The van der Waals surface area contributed by atoms with Gasteiger partial charge in [-0.05, 0) is 77.0 Å². The molecule has 0 aliphatic heterocycles. The van der Waals surface area contributed by atoms with Crippen molar-refractivity contribution in [1.29, 1.82) is 0 Å². The monoisotopic (exact) mass is 645 g/mol. The van der Waals surface area contributed by atoms with Crippen LogP contribution in [0.2, 0.25) is 0 Å². The van der Waals surface area contributed by atoms with Crippen molar-refractivity contribution >= 4 is 11.9 Å². The van der Waals surface area contributed by atoms with Crippen molar-refractivity contribution in [3.8, 4) is 0 Å². The van der Waals surface area contributed by atoms with E-state index in [2.05, 4.69) is 62.5 Å². The molecule has 0 fully saturated rings. The van der Waals surface area contributed by atoms with Gasteiger partial charge in [-0.25, -0.2) is 0 Å². The SMILES string of the molecule is CCCCCC=CCC=CCC=CCCCCCCC(=O)O[C@@H](CO)COC(=O)CCCCCCCCCC=CCCCCCC. The van der Waals surface area contributed by atoms with Crippen LogP contribution >= 0.6 is 0 Å². The first-order valence-corrected chi connectivity index (χ1v) is 19.2. The highest BCUT2D eigenvalue weighted by atomic mass is 16.6. The minimum atomic E-state index is -0.784. The zero-order valence-electron chi connectivity index (χ0n) is 30.1. The molecule has 0 saturated carbocycles. The van der Waals surface area contributed by atoms with Gasteiger partial charge in [-0.15, -0.1) is 0 Å². The van der Waals surface area contributed by atoms with E-state index in [0.29, 0.717) is 12.8 Å². The highest BCUT2D eigenvalue weighted by molar-refractivity contribution is 5.70. The molecule has 0 bridgehead atoms. The minimum absolute atomic E-state index is 0.0778. The standard InChI is InChI=1S/C41H72O5/c1-3-5-7-9-11-13-15-17-19-20-22-24-26-28-30-32-34-36-41(44)46-39(37-42)38-45-40(43)35-33-31-29-27-25-23-21-18-16-14-12-10-8-6-4-2/h11,13-14,16-17,19,22,24,39,42H,3-10,12,15,18,20-21,23,25-38H2,1-2H3/t39-/m0/s1. The Labute approximate surface area is 284 Å². The van der Waals surface area contributed by atoms with E-state index in [1.165, 1.54) is 89.9 Å². The fourth-order valence-corrected chi connectivity index (χ4v) is 5.14. The number of ether oxygens (including phenoxy) is 2. The predicted octanol–water partition coefficient (Wildman–Crippen LogP) is 11.8. The van der Waals surface area contributed by atoms with Crippen LogP contribution in [0.15, 0.2) is 48.6 Å². The molecule has 0 amide bonds. The molecule has 266 valence electrons. The van der Waals surface area contributed by atoms with E-state index in [0.717, 1.165) is 64.2 Å². The average molecular weight is 645 g/mol. The van der Waals surface area contributed by atoms with Gasteiger partial charge >= 0.3 is 11.9 Å². The summed E-state index contributed by atoms with van der Waals surface area (Å²) in [6.07, 6.45) is 45.9. The summed E-state index contributed by atoms with van der Waals surface area (Å²) in [5.74, 6) is -0.623. The maximum absolute atomic E-state index is 12.1. The van der Waals surface area contributed by atoms with Gasteiger partial charge in [-0.2, -0.15) is 0 Å².